The van der Waals surface area contributed by atoms with Crippen LogP contribution in [0, 0.1) is 13.8 Å². The summed E-state index contributed by atoms with van der Waals surface area (Å²) in [4.78, 5) is 19.7. The summed E-state index contributed by atoms with van der Waals surface area (Å²) >= 11 is 0. The summed E-state index contributed by atoms with van der Waals surface area (Å²) in [6.45, 7) is 4.61. The minimum atomic E-state index is -0.801. The number of carbonyl (C=O) groups is 1. The van der Waals surface area contributed by atoms with Gasteiger partial charge < -0.3 is 19.3 Å². The van der Waals surface area contributed by atoms with Crippen molar-refractivity contribution in [3.8, 4) is 28.8 Å². The minimum Gasteiger partial charge on any atom is -0.493 e. The summed E-state index contributed by atoms with van der Waals surface area (Å²) in [5, 5.41) is 9.10. The molecule has 0 bridgehead atoms. The van der Waals surface area contributed by atoms with Gasteiger partial charge in [0.15, 0.2) is 0 Å². The van der Waals surface area contributed by atoms with Crippen LogP contribution in [0.15, 0.2) is 36.5 Å². The van der Waals surface area contributed by atoms with E-state index in [2.05, 4.69) is 42.0 Å². The van der Waals surface area contributed by atoms with Crippen LogP contribution in [-0.4, -0.2) is 41.9 Å². The Morgan fingerprint density at radius 3 is 2.70 bits per heavy atom. The average molecular weight is 449 g/mol. The van der Waals surface area contributed by atoms with Crippen LogP contribution in [0.5, 0.6) is 17.6 Å². The number of carboxylic acids is 1. The number of hydrogen-bond donors (Lipinski definition) is 1. The van der Waals surface area contributed by atoms with E-state index in [1.54, 1.807) is 13.3 Å². The molecule has 0 amide bonds. The Kier molecular flexibility index (Phi) is 6.49. The maximum Gasteiger partial charge on any atom is 0.319 e. The van der Waals surface area contributed by atoms with Crippen LogP contribution in [-0.2, 0) is 17.6 Å². The van der Waals surface area contributed by atoms with E-state index < -0.39 is 5.97 Å². The number of aromatic nitrogens is 2. The van der Waals surface area contributed by atoms with Crippen molar-refractivity contribution in [2.24, 2.45) is 0 Å². The van der Waals surface area contributed by atoms with E-state index in [0.29, 0.717) is 12.5 Å². The third kappa shape index (κ3) is 4.62. The van der Waals surface area contributed by atoms with Crippen molar-refractivity contribution in [3.63, 3.8) is 0 Å². The van der Waals surface area contributed by atoms with Gasteiger partial charge in [-0.15, -0.1) is 0 Å². The zero-order chi connectivity index (χ0) is 23.5. The number of methoxy groups -OCH3 is 2. The first-order valence-electron chi connectivity index (χ1n) is 10.9. The quantitative estimate of drug-likeness (QED) is 0.542. The predicted octanol–water partition coefficient (Wildman–Crippen LogP) is 4.51. The van der Waals surface area contributed by atoms with E-state index in [4.69, 9.17) is 19.3 Å². The largest absolute Gasteiger partial charge is 0.493 e. The third-order valence-corrected chi connectivity index (χ3v) is 6.22. The molecule has 0 saturated heterocycles. The van der Waals surface area contributed by atoms with Crippen LogP contribution in [0.4, 0.5) is 0 Å². The second-order valence-electron chi connectivity index (χ2n) is 8.30. The Balaban J connectivity index is 1.57. The SMILES string of the molecule is COc1ncc(-c2c(C)ccc(CCc3ccc4c(c3)OC[C@H]4CC(=O)O)c2C)c(OC)n1. The molecular weight excluding hydrogens is 420 g/mol. The Morgan fingerprint density at radius 2 is 1.97 bits per heavy atom. The molecule has 7 nitrogen and oxygen atoms in total. The maximum atomic E-state index is 11.1. The summed E-state index contributed by atoms with van der Waals surface area (Å²) in [5.41, 5.74) is 7.59. The molecule has 0 spiro atoms. The monoisotopic (exact) mass is 448 g/mol. The van der Waals surface area contributed by atoms with Gasteiger partial charge in [-0.2, -0.15) is 4.98 Å². The fourth-order valence-electron chi connectivity index (χ4n) is 4.49. The molecule has 1 aliphatic heterocycles. The molecule has 1 atom stereocenters. The lowest BCUT2D eigenvalue weighted by Gasteiger charge is -2.17. The first-order valence-corrected chi connectivity index (χ1v) is 10.9. The van der Waals surface area contributed by atoms with Crippen LogP contribution in [0.25, 0.3) is 11.1 Å². The number of hydrogen-bond acceptors (Lipinski definition) is 6. The van der Waals surface area contributed by atoms with Crippen molar-refractivity contribution in [3.05, 3.63) is 64.3 Å². The molecule has 1 N–H and O–H groups in total. The molecule has 33 heavy (non-hydrogen) atoms. The molecule has 2 heterocycles. The number of aliphatic carboxylic acids is 1. The van der Waals surface area contributed by atoms with Crippen LogP contribution in [0.2, 0.25) is 0 Å². The second-order valence-corrected chi connectivity index (χ2v) is 8.30. The summed E-state index contributed by atoms with van der Waals surface area (Å²) in [6, 6.07) is 10.7. The van der Waals surface area contributed by atoms with Gasteiger partial charge in [-0.1, -0.05) is 24.3 Å². The molecule has 0 fully saturated rings. The zero-order valence-corrected chi connectivity index (χ0v) is 19.3. The Labute approximate surface area is 193 Å². The smallest absolute Gasteiger partial charge is 0.319 e. The summed E-state index contributed by atoms with van der Waals surface area (Å²) < 4.78 is 16.4. The zero-order valence-electron chi connectivity index (χ0n) is 19.3. The molecule has 172 valence electrons. The average Bonchev–Trinajstić information content (AvgIpc) is 3.20. The lowest BCUT2D eigenvalue weighted by molar-refractivity contribution is -0.137. The van der Waals surface area contributed by atoms with Crippen LogP contribution in [0.1, 0.15) is 40.2 Å². The van der Waals surface area contributed by atoms with Crippen molar-refractivity contribution in [2.45, 2.75) is 39.0 Å². The number of ether oxygens (including phenoxy) is 3. The van der Waals surface area contributed by atoms with Gasteiger partial charge in [0.05, 0.1) is 32.8 Å². The molecule has 0 saturated carbocycles. The van der Waals surface area contributed by atoms with Gasteiger partial charge in [-0.25, -0.2) is 4.98 Å². The van der Waals surface area contributed by atoms with Crippen molar-refractivity contribution in [1.82, 2.24) is 9.97 Å². The highest BCUT2D eigenvalue weighted by Crippen LogP contribution is 2.38. The molecule has 0 unspecified atom stereocenters. The first kappa shape index (κ1) is 22.6. The van der Waals surface area contributed by atoms with E-state index in [0.717, 1.165) is 46.4 Å². The number of aryl methyl sites for hydroxylation is 3. The van der Waals surface area contributed by atoms with Crippen molar-refractivity contribution in [2.75, 3.05) is 20.8 Å². The Morgan fingerprint density at radius 1 is 1.15 bits per heavy atom. The maximum absolute atomic E-state index is 11.1. The lowest BCUT2D eigenvalue weighted by Crippen LogP contribution is -2.07. The van der Waals surface area contributed by atoms with Crippen molar-refractivity contribution in [1.29, 1.82) is 0 Å². The van der Waals surface area contributed by atoms with Gasteiger partial charge in [-0.05, 0) is 60.6 Å². The predicted molar refractivity (Wildman–Crippen MR) is 124 cm³/mol. The molecule has 7 heteroatoms. The van der Waals surface area contributed by atoms with Gasteiger partial charge >= 0.3 is 12.0 Å². The fraction of sp³-hybridized carbons (Fsp3) is 0.346. The highest BCUT2D eigenvalue weighted by molar-refractivity contribution is 5.75. The van der Waals surface area contributed by atoms with Crippen LogP contribution < -0.4 is 14.2 Å². The Bertz CT molecular complexity index is 1190. The van der Waals surface area contributed by atoms with Crippen molar-refractivity contribution >= 4 is 5.97 Å². The van der Waals surface area contributed by atoms with E-state index in [9.17, 15) is 4.79 Å². The van der Waals surface area contributed by atoms with Gasteiger partial charge in [0.25, 0.3) is 0 Å². The number of carboxylic acid groups (broad SMARTS) is 1. The van der Waals surface area contributed by atoms with Crippen LogP contribution >= 0.6 is 0 Å². The highest BCUT2D eigenvalue weighted by Gasteiger charge is 2.26. The number of fused-ring (bicyclic) bond motifs is 1. The standard InChI is InChI=1S/C26H28N2O5/c1-15-5-8-18(16(2)24(15)21-13-27-26(32-4)28-25(21)31-3)9-6-17-7-10-20-19(12-23(29)30)14-33-22(20)11-17/h5,7-8,10-11,13,19H,6,9,12,14H2,1-4H3,(H,29,30)/t19-/m1/s1. The lowest BCUT2D eigenvalue weighted by atomic mass is 9.90. The normalized spacial score (nSPS) is 14.5. The number of benzene rings is 2. The van der Waals surface area contributed by atoms with Gasteiger partial charge in [-0.3, -0.25) is 4.79 Å². The van der Waals surface area contributed by atoms with Crippen LogP contribution in [0.3, 0.4) is 0 Å². The third-order valence-electron chi connectivity index (χ3n) is 6.22. The van der Waals surface area contributed by atoms with Gasteiger partial charge in [0.2, 0.25) is 5.88 Å². The van der Waals surface area contributed by atoms with E-state index >= 15 is 0 Å². The molecule has 3 aromatic rings. The van der Waals surface area contributed by atoms with E-state index in [1.165, 1.54) is 18.2 Å². The molecule has 1 aliphatic rings. The summed E-state index contributed by atoms with van der Waals surface area (Å²) in [6.07, 6.45) is 3.54. The highest BCUT2D eigenvalue weighted by atomic mass is 16.5. The molecule has 2 aromatic carbocycles. The topological polar surface area (TPSA) is 90.8 Å². The van der Waals surface area contributed by atoms with E-state index in [-0.39, 0.29) is 18.3 Å². The fourth-order valence-corrected chi connectivity index (χ4v) is 4.49. The molecule has 1 aromatic heterocycles. The van der Waals surface area contributed by atoms with Crippen molar-refractivity contribution < 1.29 is 24.1 Å². The van der Waals surface area contributed by atoms with Gasteiger partial charge in [0, 0.05) is 17.7 Å². The molecule has 0 aliphatic carbocycles. The number of rotatable bonds is 8. The summed E-state index contributed by atoms with van der Waals surface area (Å²) in [7, 11) is 3.12. The second kappa shape index (κ2) is 9.48. The molecule has 0 radical (unpaired) electrons. The van der Waals surface area contributed by atoms with E-state index in [1.807, 2.05) is 12.1 Å². The Hall–Kier alpha value is -3.61. The molecular formula is C26H28N2O5. The minimum absolute atomic E-state index is 0.0739. The number of nitrogens with zero attached hydrogens (tertiary/aromatic N) is 2. The summed E-state index contributed by atoms with van der Waals surface area (Å²) in [5.74, 6) is 0.414. The van der Waals surface area contributed by atoms with Gasteiger partial charge in [0.1, 0.15) is 5.75 Å². The first-order chi connectivity index (χ1) is 15.9. The molecule has 4 rings (SSSR count).